The van der Waals surface area contributed by atoms with Crippen molar-refractivity contribution in [3.05, 3.63) is 34.1 Å². The van der Waals surface area contributed by atoms with Crippen LogP contribution in [-0.4, -0.2) is 28.7 Å². The van der Waals surface area contributed by atoms with E-state index in [9.17, 15) is 17.8 Å². The number of hydrogen-bond acceptors (Lipinski definition) is 3. The molecule has 0 saturated carbocycles. The van der Waals surface area contributed by atoms with E-state index in [0.29, 0.717) is 4.47 Å². The second-order valence-electron chi connectivity index (χ2n) is 6.08. The average Bonchev–Trinajstić information content (AvgIpc) is 2.47. The molecule has 0 amide bonds. The Bertz CT molecular complexity index is 607. The smallest absolute Gasteiger partial charge is 0.307 e. The molecule has 0 aliphatic carbocycles. The van der Waals surface area contributed by atoms with Crippen molar-refractivity contribution < 1.29 is 22.5 Å². The van der Waals surface area contributed by atoms with Crippen LogP contribution in [0.1, 0.15) is 32.8 Å². The van der Waals surface area contributed by atoms with E-state index in [4.69, 9.17) is 0 Å². The molecule has 1 aromatic carbocycles. The molecule has 23 heavy (non-hydrogen) atoms. The van der Waals surface area contributed by atoms with Crippen molar-refractivity contribution in [1.29, 1.82) is 0 Å². The fourth-order valence-corrected chi connectivity index (χ4v) is 3.10. The molecule has 1 aromatic rings. The Balaban J connectivity index is 3.42. The van der Waals surface area contributed by atoms with E-state index in [1.165, 1.54) is 12.1 Å². The van der Waals surface area contributed by atoms with Crippen LogP contribution in [0, 0.1) is 5.82 Å². The maximum atomic E-state index is 14.3. The highest BCUT2D eigenvalue weighted by molar-refractivity contribution is 9.10. The zero-order valence-electron chi connectivity index (χ0n) is 13.4. The lowest BCUT2D eigenvalue weighted by Crippen LogP contribution is -2.51. The molecule has 0 aliphatic rings. The van der Waals surface area contributed by atoms with Crippen LogP contribution in [0.5, 0.6) is 0 Å². The summed E-state index contributed by atoms with van der Waals surface area (Å²) in [6, 6.07) is 3.98. The first-order valence-corrected chi connectivity index (χ1v) is 8.78. The highest BCUT2D eigenvalue weighted by Crippen LogP contribution is 2.32. The van der Waals surface area contributed by atoms with Crippen LogP contribution in [0.15, 0.2) is 22.7 Å². The minimum atomic E-state index is -1.78. The van der Waals surface area contributed by atoms with Crippen molar-refractivity contribution >= 4 is 32.9 Å². The Morgan fingerprint density at radius 3 is 2.48 bits per heavy atom. The van der Waals surface area contributed by atoms with Gasteiger partial charge in [0.15, 0.2) is 0 Å². The molecule has 0 aliphatic heterocycles. The second kappa shape index (κ2) is 7.81. The van der Waals surface area contributed by atoms with E-state index in [-0.39, 0.29) is 5.56 Å². The van der Waals surface area contributed by atoms with Crippen LogP contribution in [0.2, 0.25) is 0 Å². The molecule has 1 N–H and O–H groups in total. The number of methoxy groups -OCH3 is 1. The van der Waals surface area contributed by atoms with Gasteiger partial charge in [0.1, 0.15) is 12.5 Å². The summed E-state index contributed by atoms with van der Waals surface area (Å²) in [6.45, 7) is 3.94. The summed E-state index contributed by atoms with van der Waals surface area (Å²) >= 11 is 3.20. The Kier molecular flexibility index (Phi) is 6.85. The topological polar surface area (TPSA) is 55.4 Å². The van der Waals surface area contributed by atoms with Crippen molar-refractivity contribution in [3.8, 4) is 0 Å². The fraction of sp³-hybridized carbons (Fsp3) is 0.533. The van der Waals surface area contributed by atoms with Gasteiger partial charge in [0.05, 0.1) is 34.8 Å². The van der Waals surface area contributed by atoms with Crippen molar-refractivity contribution in [2.75, 3.05) is 13.8 Å². The number of alkyl halides is 1. The second-order valence-corrected chi connectivity index (χ2v) is 8.96. The van der Waals surface area contributed by atoms with Crippen LogP contribution >= 0.6 is 15.9 Å². The summed E-state index contributed by atoms with van der Waals surface area (Å²) in [4.78, 5) is 11.7. The Labute approximate surface area is 145 Å². The van der Waals surface area contributed by atoms with Gasteiger partial charge in [0.2, 0.25) is 0 Å². The zero-order valence-corrected chi connectivity index (χ0v) is 15.8. The van der Waals surface area contributed by atoms with Crippen molar-refractivity contribution in [1.82, 2.24) is 4.72 Å². The van der Waals surface area contributed by atoms with Crippen molar-refractivity contribution in [2.24, 2.45) is 0 Å². The lowest BCUT2D eigenvalue weighted by molar-refractivity contribution is -0.142. The molecule has 0 bridgehead atoms. The first-order chi connectivity index (χ1) is 10.6. The number of nitrogens with one attached hydrogen (secondary N) is 1. The lowest BCUT2D eigenvalue weighted by atomic mass is 9.88. The molecule has 0 heterocycles. The molecule has 0 unspecified atom stereocenters. The summed E-state index contributed by atoms with van der Waals surface area (Å²) in [7, 11) is -0.564. The Morgan fingerprint density at radius 1 is 1.39 bits per heavy atom. The third-order valence-corrected chi connectivity index (χ3v) is 5.37. The predicted molar refractivity (Wildman–Crippen MR) is 89.4 cm³/mol. The van der Waals surface area contributed by atoms with Gasteiger partial charge in [-0.15, -0.1) is 0 Å². The monoisotopic (exact) mass is 411 g/mol. The van der Waals surface area contributed by atoms with E-state index in [1.54, 1.807) is 20.8 Å². The van der Waals surface area contributed by atoms with Gasteiger partial charge in [-0.3, -0.25) is 4.79 Å². The molecule has 4 nitrogen and oxygen atoms in total. The number of benzene rings is 1. The number of ether oxygens (including phenoxy) is 1. The summed E-state index contributed by atoms with van der Waals surface area (Å²) in [6.07, 6.45) is -0.491. The maximum Gasteiger partial charge on any atom is 0.307 e. The number of carbonyl (C=O) groups is 1. The van der Waals surface area contributed by atoms with Gasteiger partial charge >= 0.3 is 5.97 Å². The van der Waals surface area contributed by atoms with Crippen LogP contribution in [-0.2, 0) is 26.1 Å². The standard InChI is InChI=1S/C15H20BrF2NO3S/c1-14(2,3)23(21)19-15(9-17,8-13(20)22-4)11-7-10(16)5-6-12(11)18/h5-7,19H,8-9H2,1-4H3/t15-,23-/m1/s1. The number of esters is 1. The van der Waals surface area contributed by atoms with E-state index < -0.39 is 46.2 Å². The van der Waals surface area contributed by atoms with Crippen molar-refractivity contribution in [3.63, 3.8) is 0 Å². The normalized spacial score (nSPS) is 15.8. The van der Waals surface area contributed by atoms with Crippen molar-refractivity contribution in [2.45, 2.75) is 37.5 Å². The summed E-state index contributed by atoms with van der Waals surface area (Å²) in [5, 5.41) is 0. The molecular weight excluding hydrogens is 392 g/mol. The number of hydrogen-bond donors (Lipinski definition) is 1. The fourth-order valence-electron chi connectivity index (χ4n) is 1.85. The third-order valence-electron chi connectivity index (χ3n) is 3.19. The van der Waals surface area contributed by atoms with Gasteiger partial charge < -0.3 is 4.74 Å². The van der Waals surface area contributed by atoms with Gasteiger partial charge in [-0.1, -0.05) is 15.9 Å². The first-order valence-electron chi connectivity index (χ1n) is 6.84. The van der Waals surface area contributed by atoms with Crippen LogP contribution in [0.4, 0.5) is 8.78 Å². The quantitative estimate of drug-likeness (QED) is 0.730. The zero-order chi connectivity index (χ0) is 17.8. The van der Waals surface area contributed by atoms with E-state index in [0.717, 1.165) is 13.2 Å². The minimum absolute atomic E-state index is 0.0858. The van der Waals surface area contributed by atoms with Gasteiger partial charge in [-0.25, -0.2) is 17.7 Å². The van der Waals surface area contributed by atoms with E-state index in [2.05, 4.69) is 25.4 Å². The molecule has 2 atom stereocenters. The molecule has 0 aromatic heterocycles. The number of carbonyl (C=O) groups excluding carboxylic acids is 1. The largest absolute Gasteiger partial charge is 0.469 e. The molecule has 0 radical (unpaired) electrons. The summed E-state index contributed by atoms with van der Waals surface area (Å²) in [5.74, 6) is -1.44. The van der Waals surface area contributed by atoms with Crippen LogP contribution in [0.3, 0.4) is 0 Å². The predicted octanol–water partition coefficient (Wildman–Crippen LogP) is 3.37. The third kappa shape index (κ3) is 5.06. The first kappa shape index (κ1) is 20.2. The van der Waals surface area contributed by atoms with E-state index in [1.807, 2.05) is 0 Å². The minimum Gasteiger partial charge on any atom is -0.469 e. The highest BCUT2D eigenvalue weighted by atomic mass is 79.9. The van der Waals surface area contributed by atoms with E-state index >= 15 is 0 Å². The SMILES string of the molecule is COC(=O)C[C@](CF)(N[S@](=O)C(C)(C)C)c1cc(Br)ccc1F. The van der Waals surface area contributed by atoms with Gasteiger partial charge in [-0.05, 0) is 39.0 Å². The lowest BCUT2D eigenvalue weighted by Gasteiger charge is -2.34. The van der Waals surface area contributed by atoms with Crippen LogP contribution < -0.4 is 4.72 Å². The van der Waals surface area contributed by atoms with Gasteiger partial charge in [-0.2, -0.15) is 0 Å². The van der Waals surface area contributed by atoms with Gasteiger partial charge in [0.25, 0.3) is 0 Å². The maximum absolute atomic E-state index is 14.3. The highest BCUT2D eigenvalue weighted by Gasteiger charge is 2.41. The molecular formula is C15H20BrF2NO3S. The van der Waals surface area contributed by atoms with Gasteiger partial charge in [0, 0.05) is 10.0 Å². The summed E-state index contributed by atoms with van der Waals surface area (Å²) < 4.78 is 47.7. The number of halogens is 3. The summed E-state index contributed by atoms with van der Waals surface area (Å²) in [5.41, 5.74) is -1.86. The van der Waals surface area contributed by atoms with Crippen LogP contribution in [0.25, 0.3) is 0 Å². The Morgan fingerprint density at radius 2 is 2.00 bits per heavy atom. The number of rotatable bonds is 6. The Hall–Kier alpha value is -0.860. The molecule has 130 valence electrons. The molecule has 0 fully saturated rings. The molecule has 0 saturated heterocycles. The molecule has 1 rings (SSSR count). The average molecular weight is 412 g/mol. The molecule has 0 spiro atoms. The molecule has 8 heteroatoms.